The van der Waals surface area contributed by atoms with E-state index in [1.807, 2.05) is 7.05 Å². The van der Waals surface area contributed by atoms with Gasteiger partial charge in [-0.05, 0) is 18.8 Å². The van der Waals surface area contributed by atoms with Gasteiger partial charge in [-0.3, -0.25) is 9.89 Å². The van der Waals surface area contributed by atoms with Crippen LogP contribution < -0.4 is 10.6 Å². The van der Waals surface area contributed by atoms with Crippen molar-refractivity contribution < 1.29 is 9.47 Å². The minimum absolute atomic E-state index is 0.505. The van der Waals surface area contributed by atoms with Gasteiger partial charge in [-0.25, -0.2) is 0 Å². The zero-order chi connectivity index (χ0) is 17.2. The van der Waals surface area contributed by atoms with Crippen LogP contribution in [0.1, 0.15) is 26.7 Å². The van der Waals surface area contributed by atoms with Crippen LogP contribution in [0.4, 0.5) is 0 Å². The van der Waals surface area contributed by atoms with E-state index in [2.05, 4.69) is 40.4 Å². The molecule has 0 aromatic heterocycles. The third-order valence-electron chi connectivity index (χ3n) is 4.78. The van der Waals surface area contributed by atoms with Crippen LogP contribution in [0, 0.1) is 5.92 Å². The molecule has 138 valence electrons. The summed E-state index contributed by atoms with van der Waals surface area (Å²) >= 11 is 0. The van der Waals surface area contributed by atoms with Crippen LogP contribution in [0.25, 0.3) is 0 Å². The number of hydrogen-bond acceptors (Lipinski definition) is 4. The van der Waals surface area contributed by atoms with Gasteiger partial charge in [0.15, 0.2) is 5.96 Å². The first-order chi connectivity index (χ1) is 11.7. The zero-order valence-corrected chi connectivity index (χ0v) is 15.5. The van der Waals surface area contributed by atoms with Crippen molar-refractivity contribution in [2.75, 3.05) is 59.7 Å². The molecule has 0 bridgehead atoms. The second kappa shape index (κ2) is 10.7. The molecule has 6 nitrogen and oxygen atoms in total. The Balaban J connectivity index is 1.73. The topological polar surface area (TPSA) is 58.1 Å². The number of ether oxygens (including phenoxy) is 2. The van der Waals surface area contributed by atoms with Crippen LogP contribution in [0.15, 0.2) is 16.6 Å². The van der Waals surface area contributed by atoms with Gasteiger partial charge in [0, 0.05) is 39.3 Å². The highest BCUT2D eigenvalue weighted by Gasteiger charge is 2.23. The van der Waals surface area contributed by atoms with Crippen molar-refractivity contribution in [3.8, 4) is 0 Å². The molecule has 2 heterocycles. The Kier molecular flexibility index (Phi) is 8.56. The van der Waals surface area contributed by atoms with Crippen molar-refractivity contribution >= 4 is 5.96 Å². The third-order valence-corrected chi connectivity index (χ3v) is 4.78. The highest BCUT2D eigenvalue weighted by molar-refractivity contribution is 5.79. The lowest BCUT2D eigenvalue weighted by Crippen LogP contribution is -2.52. The fraction of sp³-hybridized carbons (Fsp3) is 0.833. The lowest BCUT2D eigenvalue weighted by Gasteiger charge is -2.37. The molecular weight excluding hydrogens is 304 g/mol. The minimum Gasteiger partial charge on any atom is -0.379 e. The number of nitrogens with zero attached hydrogens (tertiary/aromatic N) is 2. The quantitative estimate of drug-likeness (QED) is 0.416. The number of morpholine rings is 1. The number of aliphatic imine (C=N–C) groups is 1. The minimum atomic E-state index is 0.505. The molecule has 1 unspecified atom stereocenters. The van der Waals surface area contributed by atoms with Crippen LogP contribution in [0.5, 0.6) is 0 Å². The Labute approximate surface area is 146 Å². The van der Waals surface area contributed by atoms with Crippen LogP contribution >= 0.6 is 0 Å². The van der Waals surface area contributed by atoms with Crippen molar-refractivity contribution in [2.45, 2.75) is 32.7 Å². The normalized spacial score (nSPS) is 21.5. The maximum absolute atomic E-state index is 5.47. The molecule has 1 atom stereocenters. The van der Waals surface area contributed by atoms with E-state index in [4.69, 9.17) is 9.47 Å². The monoisotopic (exact) mass is 338 g/mol. The molecular formula is C18H34N4O2. The number of rotatable bonds is 7. The lowest BCUT2D eigenvalue weighted by molar-refractivity contribution is 0.00752. The van der Waals surface area contributed by atoms with Gasteiger partial charge in [-0.1, -0.05) is 25.5 Å². The van der Waals surface area contributed by atoms with Crippen LogP contribution in [-0.4, -0.2) is 76.6 Å². The maximum atomic E-state index is 5.47. The summed E-state index contributed by atoms with van der Waals surface area (Å²) < 4.78 is 10.8. The molecule has 0 spiro atoms. The van der Waals surface area contributed by atoms with Gasteiger partial charge in [0.05, 0.1) is 26.4 Å². The second-order valence-corrected chi connectivity index (χ2v) is 6.78. The third kappa shape index (κ3) is 6.42. The molecule has 24 heavy (non-hydrogen) atoms. The Hall–Kier alpha value is -1.11. The van der Waals surface area contributed by atoms with Crippen molar-refractivity contribution in [3.63, 3.8) is 0 Å². The Morgan fingerprint density at radius 3 is 2.62 bits per heavy atom. The van der Waals surface area contributed by atoms with E-state index in [0.29, 0.717) is 12.0 Å². The molecule has 0 amide bonds. The van der Waals surface area contributed by atoms with E-state index in [9.17, 15) is 0 Å². The average Bonchev–Trinajstić information content (AvgIpc) is 2.62. The molecule has 0 aromatic rings. The van der Waals surface area contributed by atoms with Crippen molar-refractivity contribution in [2.24, 2.45) is 10.9 Å². The summed E-state index contributed by atoms with van der Waals surface area (Å²) in [6.07, 6.45) is 4.32. The van der Waals surface area contributed by atoms with E-state index < -0.39 is 0 Å². The van der Waals surface area contributed by atoms with Crippen LogP contribution in [-0.2, 0) is 9.47 Å². The van der Waals surface area contributed by atoms with Gasteiger partial charge in [-0.2, -0.15) is 0 Å². The summed E-state index contributed by atoms with van der Waals surface area (Å²) in [6, 6.07) is 0.505. The predicted molar refractivity (Wildman–Crippen MR) is 98.5 cm³/mol. The summed E-state index contributed by atoms with van der Waals surface area (Å²) in [5, 5.41) is 6.93. The molecule has 0 aliphatic carbocycles. The van der Waals surface area contributed by atoms with Gasteiger partial charge in [-0.15, -0.1) is 0 Å². The summed E-state index contributed by atoms with van der Waals surface area (Å²) in [5.41, 5.74) is 1.48. The fourth-order valence-corrected chi connectivity index (χ4v) is 3.25. The fourth-order valence-electron chi connectivity index (χ4n) is 3.25. The SMILES string of the molecule is CN=C(NCCC1=CCOCC1)NCC(C(C)C)N1CCOCC1. The molecule has 0 radical (unpaired) electrons. The van der Waals surface area contributed by atoms with Crippen molar-refractivity contribution in [1.29, 1.82) is 0 Å². The smallest absolute Gasteiger partial charge is 0.191 e. The van der Waals surface area contributed by atoms with Gasteiger partial charge in [0.1, 0.15) is 0 Å². The van der Waals surface area contributed by atoms with Gasteiger partial charge in [0.2, 0.25) is 0 Å². The summed E-state index contributed by atoms with van der Waals surface area (Å²) in [7, 11) is 1.84. The van der Waals surface area contributed by atoms with Crippen molar-refractivity contribution in [1.82, 2.24) is 15.5 Å². The van der Waals surface area contributed by atoms with E-state index in [1.165, 1.54) is 5.57 Å². The largest absolute Gasteiger partial charge is 0.379 e. The molecule has 1 fully saturated rings. The van der Waals surface area contributed by atoms with E-state index in [0.717, 1.165) is 71.4 Å². The molecule has 6 heteroatoms. The first kappa shape index (κ1) is 19.2. The highest BCUT2D eigenvalue weighted by atomic mass is 16.5. The van der Waals surface area contributed by atoms with E-state index >= 15 is 0 Å². The molecule has 2 N–H and O–H groups in total. The maximum Gasteiger partial charge on any atom is 0.191 e. The van der Waals surface area contributed by atoms with Crippen LogP contribution in [0.3, 0.4) is 0 Å². The molecule has 2 rings (SSSR count). The Bertz CT molecular complexity index is 417. The first-order valence-electron chi connectivity index (χ1n) is 9.22. The number of nitrogens with one attached hydrogen (secondary N) is 2. The highest BCUT2D eigenvalue weighted by Crippen LogP contribution is 2.12. The number of guanidine groups is 1. The summed E-state index contributed by atoms with van der Waals surface area (Å²) in [4.78, 5) is 6.88. The molecule has 0 saturated carbocycles. The molecule has 0 aromatic carbocycles. The molecule has 2 aliphatic rings. The average molecular weight is 338 g/mol. The standard InChI is InChI=1S/C18H34N4O2/c1-15(2)17(22-8-12-24-13-9-22)14-21-18(19-3)20-7-4-16-5-10-23-11-6-16/h5,15,17H,4,6-14H2,1-3H3,(H2,19,20,21). The lowest BCUT2D eigenvalue weighted by atomic mass is 10.0. The number of hydrogen-bond donors (Lipinski definition) is 2. The van der Waals surface area contributed by atoms with E-state index in [1.54, 1.807) is 0 Å². The van der Waals surface area contributed by atoms with Gasteiger partial charge < -0.3 is 20.1 Å². The summed E-state index contributed by atoms with van der Waals surface area (Å²) in [6.45, 7) is 11.7. The van der Waals surface area contributed by atoms with Gasteiger partial charge in [0.25, 0.3) is 0 Å². The molecule has 1 saturated heterocycles. The zero-order valence-electron chi connectivity index (χ0n) is 15.5. The summed E-state index contributed by atoms with van der Waals surface area (Å²) in [5.74, 6) is 1.49. The van der Waals surface area contributed by atoms with E-state index in [-0.39, 0.29) is 0 Å². The second-order valence-electron chi connectivity index (χ2n) is 6.78. The predicted octanol–water partition coefficient (Wildman–Crippen LogP) is 1.25. The Morgan fingerprint density at radius 2 is 2.00 bits per heavy atom. The molecule has 2 aliphatic heterocycles. The Morgan fingerprint density at radius 1 is 1.21 bits per heavy atom. The first-order valence-corrected chi connectivity index (χ1v) is 9.22. The van der Waals surface area contributed by atoms with Crippen LogP contribution in [0.2, 0.25) is 0 Å². The van der Waals surface area contributed by atoms with Crippen molar-refractivity contribution in [3.05, 3.63) is 11.6 Å². The van der Waals surface area contributed by atoms with Gasteiger partial charge >= 0.3 is 0 Å².